The number of aryl methyl sites for hydroxylation is 1. The molecule has 2 aromatic heterocycles. The van der Waals surface area contributed by atoms with Gasteiger partial charge in [-0.05, 0) is 28.4 Å². The lowest BCUT2D eigenvalue weighted by atomic mass is 10.2. The zero-order chi connectivity index (χ0) is 17.1. The number of anilines is 1. The molecule has 1 aromatic carbocycles. The number of hydrogen-bond donors (Lipinski definition) is 1. The van der Waals surface area contributed by atoms with E-state index in [1.807, 2.05) is 37.3 Å². The van der Waals surface area contributed by atoms with E-state index in [0.29, 0.717) is 34.1 Å². The third-order valence-corrected chi connectivity index (χ3v) is 4.30. The molecule has 0 aliphatic carbocycles. The second kappa shape index (κ2) is 7.19. The first-order chi connectivity index (χ1) is 11.6. The predicted octanol–water partition coefficient (Wildman–Crippen LogP) is 3.82. The minimum Gasteiger partial charge on any atom is -0.302 e. The largest absolute Gasteiger partial charge is 0.302 e. The van der Waals surface area contributed by atoms with Crippen LogP contribution in [0.1, 0.15) is 23.0 Å². The number of hydrogen-bond acceptors (Lipinski definition) is 3. The van der Waals surface area contributed by atoms with Crippen molar-refractivity contribution in [1.82, 2.24) is 19.6 Å². The van der Waals surface area contributed by atoms with Crippen LogP contribution in [0.15, 0.2) is 47.2 Å². The van der Waals surface area contributed by atoms with Gasteiger partial charge < -0.3 is 5.32 Å². The molecule has 124 valence electrons. The van der Waals surface area contributed by atoms with E-state index in [-0.39, 0.29) is 5.91 Å². The van der Waals surface area contributed by atoms with Crippen molar-refractivity contribution in [2.24, 2.45) is 0 Å². The average molecular weight is 409 g/mol. The van der Waals surface area contributed by atoms with Crippen molar-refractivity contribution < 1.29 is 4.79 Å². The number of carbonyl (C=O) groups is 1. The van der Waals surface area contributed by atoms with E-state index in [9.17, 15) is 4.79 Å². The van der Waals surface area contributed by atoms with Crippen molar-refractivity contribution in [2.45, 2.75) is 20.0 Å². The quantitative estimate of drug-likeness (QED) is 0.698. The van der Waals surface area contributed by atoms with Gasteiger partial charge in [-0.25, -0.2) is 0 Å². The monoisotopic (exact) mass is 407 g/mol. The van der Waals surface area contributed by atoms with Crippen LogP contribution in [0.3, 0.4) is 0 Å². The second-order valence-corrected chi connectivity index (χ2v) is 6.38. The molecule has 0 radical (unpaired) electrons. The predicted molar refractivity (Wildman–Crippen MR) is 96.3 cm³/mol. The second-order valence-electron chi connectivity index (χ2n) is 5.12. The van der Waals surface area contributed by atoms with Crippen molar-refractivity contribution in [3.63, 3.8) is 0 Å². The number of carbonyl (C=O) groups excluding carboxylic acids is 1. The van der Waals surface area contributed by atoms with E-state index >= 15 is 0 Å². The molecule has 0 aliphatic rings. The number of rotatable bonds is 5. The Bertz CT molecular complexity index is 859. The Labute approximate surface area is 152 Å². The van der Waals surface area contributed by atoms with Crippen molar-refractivity contribution in [3.05, 3.63) is 63.5 Å². The summed E-state index contributed by atoms with van der Waals surface area (Å²) >= 11 is 9.54. The van der Waals surface area contributed by atoms with Gasteiger partial charge in [0.15, 0.2) is 5.82 Å². The first-order valence-corrected chi connectivity index (χ1v) is 8.55. The van der Waals surface area contributed by atoms with Crippen LogP contribution < -0.4 is 5.32 Å². The van der Waals surface area contributed by atoms with Crippen molar-refractivity contribution in [3.8, 4) is 0 Å². The lowest BCUT2D eigenvalue weighted by Crippen LogP contribution is -2.18. The van der Waals surface area contributed by atoms with Crippen LogP contribution in [0.5, 0.6) is 0 Å². The fourth-order valence-corrected chi connectivity index (χ4v) is 3.00. The van der Waals surface area contributed by atoms with Crippen LogP contribution in [-0.2, 0) is 13.1 Å². The lowest BCUT2D eigenvalue weighted by Gasteiger charge is -2.06. The molecule has 6 nitrogen and oxygen atoms in total. The minimum atomic E-state index is -0.312. The Morgan fingerprint density at radius 1 is 1.33 bits per heavy atom. The van der Waals surface area contributed by atoms with Crippen LogP contribution in [0.4, 0.5) is 5.82 Å². The van der Waals surface area contributed by atoms with Crippen molar-refractivity contribution in [2.75, 3.05) is 5.32 Å². The fraction of sp³-hybridized carbons (Fsp3) is 0.188. The molecule has 0 saturated carbocycles. The lowest BCUT2D eigenvalue weighted by molar-refractivity contribution is 0.101. The summed E-state index contributed by atoms with van der Waals surface area (Å²) in [6.07, 6.45) is 3.28. The number of benzene rings is 1. The molecule has 1 amide bonds. The highest BCUT2D eigenvalue weighted by Gasteiger charge is 2.19. The fourth-order valence-electron chi connectivity index (χ4n) is 2.33. The highest BCUT2D eigenvalue weighted by Crippen LogP contribution is 2.23. The zero-order valence-electron chi connectivity index (χ0n) is 12.9. The van der Waals surface area contributed by atoms with Crippen LogP contribution in [-0.4, -0.2) is 25.5 Å². The molecule has 0 fully saturated rings. The number of nitrogens with one attached hydrogen (secondary N) is 1. The highest BCUT2D eigenvalue weighted by atomic mass is 79.9. The molecule has 0 bridgehead atoms. The molecule has 3 rings (SSSR count). The van der Waals surface area contributed by atoms with Gasteiger partial charge >= 0.3 is 0 Å². The van der Waals surface area contributed by atoms with E-state index in [2.05, 4.69) is 31.4 Å². The molecule has 0 spiro atoms. The van der Waals surface area contributed by atoms with Crippen LogP contribution >= 0.6 is 27.5 Å². The van der Waals surface area contributed by atoms with Gasteiger partial charge in [0.2, 0.25) is 0 Å². The molecule has 8 heteroatoms. The zero-order valence-corrected chi connectivity index (χ0v) is 15.3. The number of aromatic nitrogens is 4. The van der Waals surface area contributed by atoms with Gasteiger partial charge in [-0.15, -0.1) is 0 Å². The number of halogens is 2. The SMILES string of the molecule is CCn1ncc(Br)c1C(=O)Nc1nn(Cc2ccccc2)cc1Cl. The van der Waals surface area contributed by atoms with E-state index in [1.54, 1.807) is 21.8 Å². The van der Waals surface area contributed by atoms with Gasteiger partial charge in [0.1, 0.15) is 10.7 Å². The molecule has 24 heavy (non-hydrogen) atoms. The summed E-state index contributed by atoms with van der Waals surface area (Å²) in [4.78, 5) is 12.5. The van der Waals surface area contributed by atoms with Gasteiger partial charge in [0.05, 0.1) is 17.2 Å². The molecule has 0 unspecified atom stereocenters. The summed E-state index contributed by atoms with van der Waals surface area (Å²) in [6.45, 7) is 3.08. The molecule has 3 aromatic rings. The number of amides is 1. The minimum absolute atomic E-state index is 0.312. The third kappa shape index (κ3) is 3.52. The van der Waals surface area contributed by atoms with Crippen molar-refractivity contribution in [1.29, 1.82) is 0 Å². The molecular weight excluding hydrogens is 394 g/mol. The molecular formula is C16H15BrClN5O. The van der Waals surface area contributed by atoms with Gasteiger partial charge in [0, 0.05) is 12.7 Å². The van der Waals surface area contributed by atoms with Gasteiger partial charge in [-0.2, -0.15) is 10.2 Å². The maximum absolute atomic E-state index is 12.5. The van der Waals surface area contributed by atoms with Gasteiger partial charge in [-0.1, -0.05) is 41.9 Å². The smallest absolute Gasteiger partial charge is 0.276 e. The Kier molecular flexibility index (Phi) is 5.01. The van der Waals surface area contributed by atoms with Crippen LogP contribution in [0, 0.1) is 0 Å². The third-order valence-electron chi connectivity index (χ3n) is 3.45. The van der Waals surface area contributed by atoms with E-state index in [0.717, 1.165) is 5.56 Å². The topological polar surface area (TPSA) is 64.7 Å². The Balaban J connectivity index is 1.78. The standard InChI is InChI=1S/C16H15BrClN5O/c1-2-23-14(12(17)8-19-23)16(24)20-15-13(18)10-22(21-15)9-11-6-4-3-5-7-11/h3-8,10H,2,9H2,1H3,(H,20,21,24). The molecule has 1 N–H and O–H groups in total. The van der Waals surface area contributed by atoms with E-state index in [4.69, 9.17) is 11.6 Å². The van der Waals surface area contributed by atoms with Crippen LogP contribution in [0.25, 0.3) is 0 Å². The maximum atomic E-state index is 12.5. The maximum Gasteiger partial charge on any atom is 0.276 e. The number of nitrogens with zero attached hydrogens (tertiary/aromatic N) is 4. The molecule has 2 heterocycles. The Morgan fingerprint density at radius 3 is 2.79 bits per heavy atom. The Hall–Kier alpha value is -2.12. The average Bonchev–Trinajstić information content (AvgIpc) is 3.11. The van der Waals surface area contributed by atoms with Gasteiger partial charge in [-0.3, -0.25) is 14.2 Å². The van der Waals surface area contributed by atoms with E-state index in [1.165, 1.54) is 0 Å². The summed E-state index contributed by atoms with van der Waals surface area (Å²) in [5, 5.41) is 11.6. The normalized spacial score (nSPS) is 10.8. The highest BCUT2D eigenvalue weighted by molar-refractivity contribution is 9.10. The summed E-state index contributed by atoms with van der Waals surface area (Å²) in [7, 11) is 0. The van der Waals surface area contributed by atoms with E-state index < -0.39 is 0 Å². The van der Waals surface area contributed by atoms with Crippen LogP contribution in [0.2, 0.25) is 5.02 Å². The molecule has 0 aliphatic heterocycles. The van der Waals surface area contributed by atoms with Crippen molar-refractivity contribution >= 4 is 39.3 Å². The summed E-state index contributed by atoms with van der Waals surface area (Å²) < 4.78 is 3.93. The summed E-state index contributed by atoms with van der Waals surface area (Å²) in [5.41, 5.74) is 1.53. The first-order valence-electron chi connectivity index (χ1n) is 7.38. The summed E-state index contributed by atoms with van der Waals surface area (Å²) in [5.74, 6) is 0.0152. The molecule has 0 atom stereocenters. The van der Waals surface area contributed by atoms with Gasteiger partial charge in [0.25, 0.3) is 5.91 Å². The molecule has 0 saturated heterocycles. The summed E-state index contributed by atoms with van der Waals surface area (Å²) in [6, 6.07) is 9.90. The Morgan fingerprint density at radius 2 is 2.08 bits per heavy atom. The first kappa shape index (κ1) is 16.7.